The van der Waals surface area contributed by atoms with E-state index >= 15 is 0 Å². The van der Waals surface area contributed by atoms with Crippen LogP contribution < -0.4 is 14.2 Å². The van der Waals surface area contributed by atoms with Crippen LogP contribution in [0.1, 0.15) is 29.9 Å². The molecule has 2 rings (SSSR count). The van der Waals surface area contributed by atoms with Gasteiger partial charge in [-0.3, -0.25) is 0 Å². The Morgan fingerprint density at radius 3 is 2.33 bits per heavy atom. The van der Waals surface area contributed by atoms with Gasteiger partial charge in [0.25, 0.3) is 0 Å². The number of hydrogen-bond donors (Lipinski definition) is 0. The van der Waals surface area contributed by atoms with Gasteiger partial charge in [-0.05, 0) is 37.1 Å². The summed E-state index contributed by atoms with van der Waals surface area (Å²) in [5.41, 5.74) is 2.61. The number of rotatable bonds is 6. The largest absolute Gasteiger partial charge is 0.493 e. The van der Waals surface area contributed by atoms with E-state index in [4.69, 9.17) is 18.9 Å². The molecule has 118 valence electrons. The summed E-state index contributed by atoms with van der Waals surface area (Å²) in [4.78, 5) is 0. The quantitative estimate of drug-likeness (QED) is 0.752. The fourth-order valence-corrected chi connectivity index (χ4v) is 3.99. The molecule has 0 bridgehead atoms. The molecule has 0 saturated carbocycles. The first kappa shape index (κ1) is 16.3. The number of hydrogen-bond acceptors (Lipinski definition) is 5. The summed E-state index contributed by atoms with van der Waals surface area (Å²) in [6.45, 7) is 0. The van der Waals surface area contributed by atoms with Crippen LogP contribution in [0.5, 0.6) is 17.2 Å². The molecule has 21 heavy (non-hydrogen) atoms. The van der Waals surface area contributed by atoms with Crippen LogP contribution in [0.2, 0.25) is 0 Å². The van der Waals surface area contributed by atoms with Crippen LogP contribution in [-0.4, -0.2) is 40.1 Å². The second kappa shape index (κ2) is 7.27. The predicted molar refractivity (Wildman–Crippen MR) is 86.1 cm³/mol. The highest BCUT2D eigenvalue weighted by molar-refractivity contribution is 7.99. The Kier molecular flexibility index (Phi) is 5.65. The van der Waals surface area contributed by atoms with Gasteiger partial charge in [0.15, 0.2) is 11.5 Å². The van der Waals surface area contributed by atoms with Gasteiger partial charge in [-0.1, -0.05) is 0 Å². The minimum Gasteiger partial charge on any atom is -0.493 e. The van der Waals surface area contributed by atoms with Crippen LogP contribution in [0.4, 0.5) is 0 Å². The molecule has 0 saturated heterocycles. The second-order valence-electron chi connectivity index (χ2n) is 5.06. The molecule has 0 radical (unpaired) electrons. The van der Waals surface area contributed by atoms with Crippen LogP contribution >= 0.6 is 11.8 Å². The van der Waals surface area contributed by atoms with Gasteiger partial charge in [0, 0.05) is 18.6 Å². The second-order valence-corrected chi connectivity index (χ2v) is 5.99. The van der Waals surface area contributed by atoms with Crippen molar-refractivity contribution in [3.63, 3.8) is 0 Å². The van der Waals surface area contributed by atoms with Gasteiger partial charge in [-0.15, -0.1) is 11.8 Å². The van der Waals surface area contributed by atoms with Crippen molar-refractivity contribution >= 4 is 11.8 Å². The summed E-state index contributed by atoms with van der Waals surface area (Å²) in [5.74, 6) is 2.49. The molecule has 0 fully saturated rings. The van der Waals surface area contributed by atoms with Crippen molar-refractivity contribution in [1.29, 1.82) is 0 Å². The lowest BCUT2D eigenvalue weighted by Crippen LogP contribution is -2.23. The maximum atomic E-state index is 5.68. The van der Waals surface area contributed by atoms with Crippen LogP contribution in [0.3, 0.4) is 0 Å². The van der Waals surface area contributed by atoms with Crippen molar-refractivity contribution in [2.24, 2.45) is 0 Å². The summed E-state index contributed by atoms with van der Waals surface area (Å²) in [6, 6.07) is 2.08. The molecule has 0 N–H and O–H groups in total. The van der Waals surface area contributed by atoms with E-state index in [9.17, 15) is 0 Å². The Morgan fingerprint density at radius 1 is 1.10 bits per heavy atom. The van der Waals surface area contributed by atoms with Crippen LogP contribution in [-0.2, 0) is 11.2 Å². The number of aryl methyl sites for hydroxylation is 1. The number of methoxy groups -OCH3 is 4. The first-order chi connectivity index (χ1) is 10.2. The number of benzene rings is 1. The van der Waals surface area contributed by atoms with E-state index in [2.05, 4.69) is 12.3 Å². The summed E-state index contributed by atoms with van der Waals surface area (Å²) in [7, 11) is 6.75. The van der Waals surface area contributed by atoms with Crippen LogP contribution in [0, 0.1) is 0 Å². The van der Waals surface area contributed by atoms with E-state index in [0.717, 1.165) is 30.8 Å². The van der Waals surface area contributed by atoms with Crippen molar-refractivity contribution in [3.8, 4) is 17.2 Å². The molecule has 4 nitrogen and oxygen atoms in total. The molecule has 1 aromatic rings. The van der Waals surface area contributed by atoms with Crippen LogP contribution in [0.15, 0.2) is 6.07 Å². The third-order valence-corrected chi connectivity index (χ3v) is 5.06. The van der Waals surface area contributed by atoms with E-state index in [0.29, 0.717) is 11.7 Å². The molecule has 0 amide bonds. The maximum absolute atomic E-state index is 5.68. The Morgan fingerprint density at radius 2 is 1.81 bits per heavy atom. The number of fused-ring (bicyclic) bond motifs is 1. The molecular weight excluding hydrogens is 288 g/mol. The van der Waals surface area contributed by atoms with Crippen LogP contribution in [0.25, 0.3) is 0 Å². The zero-order valence-corrected chi connectivity index (χ0v) is 14.2. The SMILES string of the molecule is COc1cc2c(c(OC)c1OC)C(C(OC)SC)CCC2. The first-order valence-electron chi connectivity index (χ1n) is 7.09. The van der Waals surface area contributed by atoms with Gasteiger partial charge < -0.3 is 18.9 Å². The molecular formula is C16H24O4S. The molecule has 0 aliphatic heterocycles. The standard InChI is InChI=1S/C16H24O4S/c1-17-12-9-10-7-6-8-11(16(20-4)21-5)13(10)15(19-3)14(12)18-2/h9,11,16H,6-8H2,1-5H3. The van der Waals surface area contributed by atoms with Crippen molar-refractivity contribution in [2.75, 3.05) is 34.7 Å². The number of thioether (sulfide) groups is 1. The fraction of sp³-hybridized carbons (Fsp3) is 0.625. The summed E-state index contributed by atoms with van der Waals surface area (Å²) >= 11 is 1.73. The topological polar surface area (TPSA) is 36.9 Å². The molecule has 2 unspecified atom stereocenters. The van der Waals surface area contributed by atoms with Gasteiger partial charge in [-0.25, -0.2) is 0 Å². The minimum atomic E-state index is 0.121. The van der Waals surface area contributed by atoms with E-state index in [1.165, 1.54) is 11.1 Å². The highest BCUT2D eigenvalue weighted by atomic mass is 32.2. The van der Waals surface area contributed by atoms with Crippen molar-refractivity contribution in [2.45, 2.75) is 30.6 Å². The average molecular weight is 312 g/mol. The number of ether oxygens (including phenoxy) is 4. The lowest BCUT2D eigenvalue weighted by molar-refractivity contribution is 0.142. The monoisotopic (exact) mass is 312 g/mol. The van der Waals surface area contributed by atoms with Gasteiger partial charge in [0.05, 0.1) is 21.3 Å². The predicted octanol–water partition coefficient (Wildman–Crippen LogP) is 3.47. The zero-order chi connectivity index (χ0) is 15.4. The summed E-state index contributed by atoms with van der Waals surface area (Å²) < 4.78 is 22.3. The summed E-state index contributed by atoms with van der Waals surface area (Å²) in [5, 5.41) is 0. The molecule has 0 spiro atoms. The average Bonchev–Trinajstić information content (AvgIpc) is 2.53. The van der Waals surface area contributed by atoms with Gasteiger partial charge in [0.2, 0.25) is 5.75 Å². The normalized spacial score (nSPS) is 18.8. The van der Waals surface area contributed by atoms with Gasteiger partial charge in [0.1, 0.15) is 5.44 Å². The van der Waals surface area contributed by atoms with Crippen molar-refractivity contribution in [3.05, 3.63) is 17.2 Å². The fourth-order valence-electron chi connectivity index (χ4n) is 3.20. The molecule has 5 heteroatoms. The molecule has 1 aliphatic carbocycles. The smallest absolute Gasteiger partial charge is 0.203 e. The third kappa shape index (κ3) is 2.94. The lowest BCUT2D eigenvalue weighted by atomic mass is 9.82. The highest BCUT2D eigenvalue weighted by Crippen LogP contribution is 2.50. The molecule has 1 aromatic carbocycles. The third-order valence-electron chi connectivity index (χ3n) is 4.08. The molecule has 2 atom stereocenters. The van der Waals surface area contributed by atoms with Gasteiger partial charge in [-0.2, -0.15) is 0 Å². The van der Waals surface area contributed by atoms with E-state index in [1.807, 2.05) is 0 Å². The highest BCUT2D eigenvalue weighted by Gasteiger charge is 2.33. The Hall–Kier alpha value is -1.07. The lowest BCUT2D eigenvalue weighted by Gasteiger charge is -2.33. The minimum absolute atomic E-state index is 0.121. The Labute approximate surface area is 131 Å². The van der Waals surface area contributed by atoms with Crippen molar-refractivity contribution in [1.82, 2.24) is 0 Å². The van der Waals surface area contributed by atoms with E-state index < -0.39 is 0 Å². The summed E-state index contributed by atoms with van der Waals surface area (Å²) in [6.07, 6.45) is 5.36. The Bertz CT molecular complexity index is 486. The maximum Gasteiger partial charge on any atom is 0.203 e. The van der Waals surface area contributed by atoms with E-state index in [-0.39, 0.29) is 5.44 Å². The zero-order valence-electron chi connectivity index (χ0n) is 13.4. The van der Waals surface area contributed by atoms with Crippen molar-refractivity contribution < 1.29 is 18.9 Å². The first-order valence-corrected chi connectivity index (χ1v) is 8.37. The molecule has 0 heterocycles. The van der Waals surface area contributed by atoms with Gasteiger partial charge >= 0.3 is 0 Å². The molecule has 1 aliphatic rings. The van der Waals surface area contributed by atoms with E-state index in [1.54, 1.807) is 40.2 Å². The molecule has 0 aromatic heterocycles. The Balaban J connectivity index is 2.60.